The average Bonchev–Trinajstić information content (AvgIpc) is 2.50. The predicted molar refractivity (Wildman–Crippen MR) is 87.1 cm³/mol. The Morgan fingerprint density at radius 1 is 1.10 bits per heavy atom. The highest BCUT2D eigenvalue weighted by Gasteiger charge is 1.97. The molecule has 20 heavy (non-hydrogen) atoms. The SMILES string of the molecule is CCCNCc1ccc(SCCc2cccnc2)cc1. The van der Waals surface area contributed by atoms with Gasteiger partial charge in [0.15, 0.2) is 0 Å². The van der Waals surface area contributed by atoms with E-state index in [1.54, 1.807) is 0 Å². The molecule has 0 aliphatic carbocycles. The molecule has 0 spiro atoms. The molecule has 0 radical (unpaired) electrons. The number of benzene rings is 1. The number of hydrogen-bond donors (Lipinski definition) is 1. The molecular weight excluding hydrogens is 264 g/mol. The highest BCUT2D eigenvalue weighted by molar-refractivity contribution is 7.99. The molecule has 0 unspecified atom stereocenters. The topological polar surface area (TPSA) is 24.9 Å². The van der Waals surface area contributed by atoms with Crippen LogP contribution in [0, 0.1) is 0 Å². The van der Waals surface area contributed by atoms with E-state index in [-0.39, 0.29) is 0 Å². The first kappa shape index (κ1) is 15.1. The summed E-state index contributed by atoms with van der Waals surface area (Å²) in [6.07, 6.45) is 6.02. The molecular formula is C17H22N2S. The maximum atomic E-state index is 4.14. The van der Waals surface area contributed by atoms with Crippen molar-refractivity contribution in [1.29, 1.82) is 0 Å². The van der Waals surface area contributed by atoms with Crippen molar-refractivity contribution in [1.82, 2.24) is 10.3 Å². The third-order valence-corrected chi connectivity index (χ3v) is 4.08. The van der Waals surface area contributed by atoms with E-state index in [1.807, 2.05) is 30.2 Å². The van der Waals surface area contributed by atoms with Crippen LogP contribution in [0.1, 0.15) is 24.5 Å². The highest BCUT2D eigenvalue weighted by Crippen LogP contribution is 2.19. The Hall–Kier alpha value is -1.32. The molecule has 3 heteroatoms. The first-order valence-electron chi connectivity index (χ1n) is 7.20. The quantitative estimate of drug-likeness (QED) is 0.588. The summed E-state index contributed by atoms with van der Waals surface area (Å²) < 4.78 is 0. The van der Waals surface area contributed by atoms with Gasteiger partial charge in [-0.2, -0.15) is 0 Å². The summed E-state index contributed by atoms with van der Waals surface area (Å²) in [6, 6.07) is 13.0. The maximum Gasteiger partial charge on any atom is 0.0300 e. The second-order valence-electron chi connectivity index (χ2n) is 4.78. The maximum absolute atomic E-state index is 4.14. The number of rotatable bonds is 8. The number of pyridine rings is 1. The summed E-state index contributed by atoms with van der Waals surface area (Å²) in [5.41, 5.74) is 2.66. The molecule has 2 nitrogen and oxygen atoms in total. The van der Waals surface area contributed by atoms with Gasteiger partial charge < -0.3 is 5.32 Å². The second-order valence-corrected chi connectivity index (χ2v) is 5.95. The minimum atomic E-state index is 0.967. The van der Waals surface area contributed by atoms with Crippen LogP contribution in [0.4, 0.5) is 0 Å². The van der Waals surface area contributed by atoms with Crippen molar-refractivity contribution < 1.29 is 0 Å². The zero-order chi connectivity index (χ0) is 14.0. The van der Waals surface area contributed by atoms with Crippen molar-refractivity contribution in [3.63, 3.8) is 0 Å². The van der Waals surface area contributed by atoms with Crippen LogP contribution in [0.25, 0.3) is 0 Å². The van der Waals surface area contributed by atoms with Gasteiger partial charge in [-0.25, -0.2) is 0 Å². The molecule has 2 rings (SSSR count). The molecule has 1 heterocycles. The number of nitrogens with one attached hydrogen (secondary N) is 1. The van der Waals surface area contributed by atoms with E-state index in [0.717, 1.165) is 25.3 Å². The standard InChI is InChI=1S/C17H22N2S/c1-2-10-18-14-16-5-7-17(8-6-16)20-12-9-15-4-3-11-19-13-15/h3-8,11,13,18H,2,9-10,12,14H2,1H3. The molecule has 2 aromatic rings. The van der Waals surface area contributed by atoms with Gasteiger partial charge in [0.05, 0.1) is 0 Å². The van der Waals surface area contributed by atoms with Crippen molar-refractivity contribution in [2.24, 2.45) is 0 Å². The van der Waals surface area contributed by atoms with Gasteiger partial charge >= 0.3 is 0 Å². The van der Waals surface area contributed by atoms with Gasteiger partial charge in [0, 0.05) is 29.6 Å². The Labute approximate surface area is 126 Å². The van der Waals surface area contributed by atoms with Gasteiger partial charge in [-0.05, 0) is 48.7 Å². The van der Waals surface area contributed by atoms with E-state index < -0.39 is 0 Å². The first-order valence-corrected chi connectivity index (χ1v) is 8.18. The molecule has 1 N–H and O–H groups in total. The largest absolute Gasteiger partial charge is 0.313 e. The van der Waals surface area contributed by atoms with E-state index in [1.165, 1.54) is 22.4 Å². The summed E-state index contributed by atoms with van der Waals surface area (Å²) in [4.78, 5) is 5.48. The predicted octanol–water partition coefficient (Wildman–Crippen LogP) is 3.92. The molecule has 0 atom stereocenters. The lowest BCUT2D eigenvalue weighted by atomic mass is 10.2. The number of aryl methyl sites for hydroxylation is 1. The van der Waals surface area contributed by atoms with Crippen molar-refractivity contribution in [2.75, 3.05) is 12.3 Å². The third-order valence-electron chi connectivity index (χ3n) is 3.06. The number of hydrogen-bond acceptors (Lipinski definition) is 3. The molecule has 0 aliphatic rings. The highest BCUT2D eigenvalue weighted by atomic mass is 32.2. The van der Waals surface area contributed by atoms with Crippen LogP contribution in [0.15, 0.2) is 53.7 Å². The summed E-state index contributed by atoms with van der Waals surface area (Å²) in [7, 11) is 0. The average molecular weight is 286 g/mol. The van der Waals surface area contributed by atoms with Gasteiger partial charge in [0.25, 0.3) is 0 Å². The lowest BCUT2D eigenvalue weighted by Crippen LogP contribution is -2.13. The lowest BCUT2D eigenvalue weighted by Gasteiger charge is -2.05. The van der Waals surface area contributed by atoms with E-state index >= 15 is 0 Å². The molecule has 106 valence electrons. The molecule has 0 saturated heterocycles. The monoisotopic (exact) mass is 286 g/mol. The Kier molecular flexibility index (Phi) is 6.61. The fraction of sp³-hybridized carbons (Fsp3) is 0.353. The van der Waals surface area contributed by atoms with Gasteiger partial charge in [0.2, 0.25) is 0 Å². The van der Waals surface area contributed by atoms with Gasteiger partial charge in [-0.15, -0.1) is 11.8 Å². The van der Waals surface area contributed by atoms with E-state index in [4.69, 9.17) is 0 Å². The summed E-state index contributed by atoms with van der Waals surface area (Å²) in [5, 5.41) is 3.42. The van der Waals surface area contributed by atoms with Crippen LogP contribution >= 0.6 is 11.8 Å². The Morgan fingerprint density at radius 2 is 1.95 bits per heavy atom. The smallest absolute Gasteiger partial charge is 0.0300 e. The van der Waals surface area contributed by atoms with Crippen LogP contribution in [-0.2, 0) is 13.0 Å². The minimum absolute atomic E-state index is 0.967. The number of aromatic nitrogens is 1. The Balaban J connectivity index is 1.73. The summed E-state index contributed by atoms with van der Waals surface area (Å²) in [5.74, 6) is 1.10. The molecule has 0 bridgehead atoms. The fourth-order valence-corrected chi connectivity index (χ4v) is 2.85. The minimum Gasteiger partial charge on any atom is -0.313 e. The zero-order valence-electron chi connectivity index (χ0n) is 12.0. The van der Waals surface area contributed by atoms with Gasteiger partial charge in [-0.1, -0.05) is 25.1 Å². The molecule has 0 fully saturated rings. The van der Waals surface area contributed by atoms with E-state index in [9.17, 15) is 0 Å². The van der Waals surface area contributed by atoms with Gasteiger partial charge in [-0.3, -0.25) is 4.98 Å². The van der Waals surface area contributed by atoms with Crippen molar-refractivity contribution >= 4 is 11.8 Å². The van der Waals surface area contributed by atoms with Crippen LogP contribution < -0.4 is 5.32 Å². The first-order chi connectivity index (χ1) is 9.88. The number of thioether (sulfide) groups is 1. The molecule has 1 aromatic heterocycles. The zero-order valence-corrected chi connectivity index (χ0v) is 12.8. The van der Waals surface area contributed by atoms with Crippen molar-refractivity contribution in [3.8, 4) is 0 Å². The molecule has 0 aliphatic heterocycles. The molecule has 0 saturated carbocycles. The lowest BCUT2D eigenvalue weighted by molar-refractivity contribution is 0.675. The van der Waals surface area contributed by atoms with E-state index in [0.29, 0.717) is 0 Å². The van der Waals surface area contributed by atoms with Gasteiger partial charge in [0.1, 0.15) is 0 Å². The van der Waals surface area contributed by atoms with E-state index in [2.05, 4.69) is 47.6 Å². The third kappa shape index (κ3) is 5.35. The Bertz CT molecular complexity index is 482. The second kappa shape index (κ2) is 8.77. The van der Waals surface area contributed by atoms with Crippen molar-refractivity contribution in [2.45, 2.75) is 31.2 Å². The fourth-order valence-electron chi connectivity index (χ4n) is 1.95. The normalized spacial score (nSPS) is 10.7. The van der Waals surface area contributed by atoms with Crippen LogP contribution in [0.2, 0.25) is 0 Å². The van der Waals surface area contributed by atoms with Crippen molar-refractivity contribution in [3.05, 3.63) is 59.9 Å². The van der Waals surface area contributed by atoms with Crippen LogP contribution in [0.3, 0.4) is 0 Å². The molecule has 1 aromatic carbocycles. The summed E-state index contributed by atoms with van der Waals surface area (Å²) in [6.45, 7) is 4.24. The van der Waals surface area contributed by atoms with Crippen LogP contribution in [-0.4, -0.2) is 17.3 Å². The molecule has 0 amide bonds. The van der Waals surface area contributed by atoms with Crippen LogP contribution in [0.5, 0.6) is 0 Å². The summed E-state index contributed by atoms with van der Waals surface area (Å²) >= 11 is 1.90. The Morgan fingerprint density at radius 3 is 2.65 bits per heavy atom. The number of nitrogens with zero attached hydrogens (tertiary/aromatic N) is 1.